The smallest absolute Gasteiger partial charge is 0.387 e. The molecule has 0 amide bonds. The lowest BCUT2D eigenvalue weighted by molar-refractivity contribution is -0.0494. The molecule has 0 aliphatic carbocycles. The lowest BCUT2D eigenvalue weighted by atomic mass is 10.2. The summed E-state index contributed by atoms with van der Waals surface area (Å²) < 4.78 is 29.3. The number of ether oxygens (including phenoxy) is 1. The van der Waals surface area contributed by atoms with E-state index in [0.29, 0.717) is 22.7 Å². The first-order valence-electron chi connectivity index (χ1n) is 6.30. The second-order valence-corrected chi connectivity index (χ2v) is 5.22. The number of hydrogen-bond acceptors (Lipinski definition) is 4. The Bertz CT molecular complexity index is 643. The second kappa shape index (κ2) is 6.62. The highest BCUT2D eigenvalue weighted by molar-refractivity contribution is 7.17. The van der Waals surface area contributed by atoms with Crippen LogP contribution in [0.1, 0.15) is 28.7 Å². The van der Waals surface area contributed by atoms with Crippen LogP contribution >= 0.6 is 11.3 Å². The second-order valence-electron chi connectivity index (χ2n) is 4.22. The normalized spacial score (nSPS) is 10.9. The Kier molecular flexibility index (Phi) is 4.85. The van der Waals surface area contributed by atoms with Crippen molar-refractivity contribution in [1.82, 2.24) is 4.98 Å². The third-order valence-electron chi connectivity index (χ3n) is 2.71. The molecule has 0 aliphatic rings. The quantitative estimate of drug-likeness (QED) is 0.873. The Morgan fingerprint density at radius 1 is 1.43 bits per heavy atom. The fourth-order valence-corrected chi connectivity index (χ4v) is 2.86. The van der Waals surface area contributed by atoms with Crippen LogP contribution in [0.2, 0.25) is 0 Å². The maximum Gasteiger partial charge on any atom is 0.387 e. The van der Waals surface area contributed by atoms with E-state index in [1.807, 2.05) is 6.92 Å². The first kappa shape index (κ1) is 15.4. The number of rotatable bonds is 6. The summed E-state index contributed by atoms with van der Waals surface area (Å²) in [5.74, 6) is -1.07. The Hall–Kier alpha value is -2.02. The number of alkyl halides is 2. The highest BCUT2D eigenvalue weighted by Gasteiger charge is 2.20. The van der Waals surface area contributed by atoms with Gasteiger partial charge in [-0.3, -0.25) is 0 Å². The number of hydrogen-bond donors (Lipinski definition) is 1. The molecule has 7 heteroatoms. The van der Waals surface area contributed by atoms with E-state index in [-0.39, 0.29) is 10.6 Å². The molecule has 4 nitrogen and oxygen atoms in total. The van der Waals surface area contributed by atoms with E-state index < -0.39 is 12.6 Å². The molecule has 112 valence electrons. The summed E-state index contributed by atoms with van der Waals surface area (Å²) in [5, 5.41) is 9.55. The van der Waals surface area contributed by atoms with Gasteiger partial charge in [0.05, 0.1) is 11.3 Å². The number of carboxylic acid groups (broad SMARTS) is 1. The first-order valence-corrected chi connectivity index (χ1v) is 7.11. The average molecular weight is 313 g/mol. The summed E-state index contributed by atoms with van der Waals surface area (Å²) in [5.41, 5.74) is 0.838. The molecular formula is C14H13F2NO3S. The summed E-state index contributed by atoms with van der Waals surface area (Å²) in [6.45, 7) is -1.03. The molecule has 2 aromatic rings. The summed E-state index contributed by atoms with van der Waals surface area (Å²) in [4.78, 5) is 15.6. The summed E-state index contributed by atoms with van der Waals surface area (Å²) >= 11 is 0.966. The molecule has 0 radical (unpaired) electrons. The molecule has 1 heterocycles. The molecule has 0 spiro atoms. The molecule has 1 N–H and O–H groups in total. The van der Waals surface area contributed by atoms with Crippen LogP contribution in [0.5, 0.6) is 5.75 Å². The molecule has 0 saturated heterocycles. The van der Waals surface area contributed by atoms with Gasteiger partial charge in [-0.15, -0.1) is 11.3 Å². The van der Waals surface area contributed by atoms with Crippen LogP contribution < -0.4 is 4.74 Å². The van der Waals surface area contributed by atoms with Crippen molar-refractivity contribution in [3.8, 4) is 16.3 Å². The molecule has 1 aromatic carbocycles. The minimum absolute atomic E-state index is 0.0127. The number of carboxylic acids is 1. The van der Waals surface area contributed by atoms with Gasteiger partial charge >= 0.3 is 12.6 Å². The molecule has 0 fully saturated rings. The van der Waals surface area contributed by atoms with Crippen LogP contribution in [0.3, 0.4) is 0 Å². The van der Waals surface area contributed by atoms with Crippen LogP contribution in [0.4, 0.5) is 8.78 Å². The van der Waals surface area contributed by atoms with E-state index in [9.17, 15) is 18.7 Å². The van der Waals surface area contributed by atoms with Crippen molar-refractivity contribution in [1.29, 1.82) is 0 Å². The number of carbonyl (C=O) groups is 1. The van der Waals surface area contributed by atoms with Gasteiger partial charge in [0.1, 0.15) is 15.6 Å². The third-order valence-corrected chi connectivity index (χ3v) is 3.83. The summed E-state index contributed by atoms with van der Waals surface area (Å²) in [6.07, 6.45) is 1.27. The van der Waals surface area contributed by atoms with E-state index in [2.05, 4.69) is 9.72 Å². The van der Waals surface area contributed by atoms with Crippen molar-refractivity contribution in [2.45, 2.75) is 26.4 Å². The van der Waals surface area contributed by atoms with Gasteiger partial charge in [-0.1, -0.05) is 25.5 Å². The lowest BCUT2D eigenvalue weighted by Crippen LogP contribution is -2.02. The minimum Gasteiger partial charge on any atom is -0.477 e. The number of aryl methyl sites for hydroxylation is 1. The predicted molar refractivity (Wildman–Crippen MR) is 75.1 cm³/mol. The van der Waals surface area contributed by atoms with Crippen molar-refractivity contribution in [3.63, 3.8) is 0 Å². The molecule has 0 unspecified atom stereocenters. The van der Waals surface area contributed by atoms with Crippen molar-refractivity contribution < 1.29 is 23.4 Å². The van der Waals surface area contributed by atoms with Gasteiger partial charge in [0.2, 0.25) is 0 Å². The molecule has 2 rings (SSSR count). The highest BCUT2D eigenvalue weighted by Crippen LogP contribution is 2.35. The van der Waals surface area contributed by atoms with Crippen LogP contribution in [0.15, 0.2) is 24.3 Å². The van der Waals surface area contributed by atoms with Crippen LogP contribution in [0.25, 0.3) is 10.6 Å². The number of aromatic nitrogens is 1. The number of halogens is 2. The van der Waals surface area contributed by atoms with Gasteiger partial charge in [0, 0.05) is 0 Å². The highest BCUT2D eigenvalue weighted by atomic mass is 32.1. The fraction of sp³-hybridized carbons (Fsp3) is 0.286. The van der Waals surface area contributed by atoms with E-state index in [1.165, 1.54) is 6.07 Å². The van der Waals surface area contributed by atoms with Crippen LogP contribution in [0, 0.1) is 0 Å². The van der Waals surface area contributed by atoms with Crippen molar-refractivity contribution >= 4 is 17.3 Å². The zero-order chi connectivity index (χ0) is 15.4. The molecule has 0 atom stereocenters. The zero-order valence-electron chi connectivity index (χ0n) is 11.2. The summed E-state index contributed by atoms with van der Waals surface area (Å²) in [7, 11) is 0. The number of benzene rings is 1. The first-order chi connectivity index (χ1) is 10.0. The largest absolute Gasteiger partial charge is 0.477 e. The maximum atomic E-state index is 12.4. The van der Waals surface area contributed by atoms with Gasteiger partial charge < -0.3 is 9.84 Å². The number of thiazole rings is 1. The van der Waals surface area contributed by atoms with Gasteiger partial charge in [-0.05, 0) is 18.6 Å². The van der Waals surface area contributed by atoms with E-state index in [1.54, 1.807) is 18.2 Å². The van der Waals surface area contributed by atoms with Gasteiger partial charge in [0.15, 0.2) is 0 Å². The minimum atomic E-state index is -2.94. The Balaban J connectivity index is 2.47. The third kappa shape index (κ3) is 3.55. The molecule has 1 aromatic heterocycles. The lowest BCUT2D eigenvalue weighted by Gasteiger charge is -2.08. The SMILES string of the molecule is CCCc1nc(-c2ccccc2OC(F)F)sc1C(=O)O. The van der Waals surface area contributed by atoms with Gasteiger partial charge in [-0.25, -0.2) is 9.78 Å². The van der Waals surface area contributed by atoms with Crippen LogP contribution in [-0.4, -0.2) is 22.7 Å². The van der Waals surface area contributed by atoms with E-state index in [0.717, 1.165) is 17.8 Å². The monoisotopic (exact) mass is 313 g/mol. The maximum absolute atomic E-state index is 12.4. The number of para-hydroxylation sites is 1. The Morgan fingerprint density at radius 2 is 2.14 bits per heavy atom. The Morgan fingerprint density at radius 3 is 2.76 bits per heavy atom. The molecular weight excluding hydrogens is 300 g/mol. The van der Waals surface area contributed by atoms with Gasteiger partial charge in [-0.2, -0.15) is 8.78 Å². The molecule has 0 bridgehead atoms. The molecule has 0 saturated carbocycles. The zero-order valence-corrected chi connectivity index (χ0v) is 12.0. The van der Waals surface area contributed by atoms with Crippen molar-refractivity contribution in [2.24, 2.45) is 0 Å². The molecule has 21 heavy (non-hydrogen) atoms. The van der Waals surface area contributed by atoms with Crippen molar-refractivity contribution in [3.05, 3.63) is 34.8 Å². The van der Waals surface area contributed by atoms with Crippen molar-refractivity contribution in [2.75, 3.05) is 0 Å². The number of aromatic carboxylic acids is 1. The number of nitrogens with zero attached hydrogens (tertiary/aromatic N) is 1. The topological polar surface area (TPSA) is 59.4 Å². The Labute approximate surface area is 124 Å². The van der Waals surface area contributed by atoms with Gasteiger partial charge in [0.25, 0.3) is 0 Å². The van der Waals surface area contributed by atoms with E-state index in [4.69, 9.17) is 0 Å². The van der Waals surface area contributed by atoms with Crippen LogP contribution in [-0.2, 0) is 6.42 Å². The average Bonchev–Trinajstić information content (AvgIpc) is 2.83. The summed E-state index contributed by atoms with van der Waals surface area (Å²) in [6, 6.07) is 6.22. The fourth-order valence-electron chi connectivity index (χ4n) is 1.88. The van der Waals surface area contributed by atoms with E-state index >= 15 is 0 Å². The molecule has 0 aliphatic heterocycles. The predicted octanol–water partition coefficient (Wildman–Crippen LogP) is 4.06. The standard InChI is InChI=1S/C14H13F2NO3S/c1-2-5-9-11(13(18)19)21-12(17-9)8-6-3-4-7-10(8)20-14(15)16/h3-4,6-7,14H,2,5H2,1H3,(H,18,19).